The van der Waals surface area contributed by atoms with Gasteiger partial charge in [-0.15, -0.1) is 0 Å². The fourth-order valence-corrected chi connectivity index (χ4v) is 1.60. The van der Waals surface area contributed by atoms with Crippen molar-refractivity contribution < 1.29 is 23.4 Å². The second-order valence-electron chi connectivity index (χ2n) is 4.45. The van der Waals surface area contributed by atoms with Crippen molar-refractivity contribution in [1.29, 1.82) is 0 Å². The lowest BCUT2D eigenvalue weighted by molar-refractivity contribution is -0.124. The minimum Gasteiger partial charge on any atom is -0.446 e. The van der Waals surface area contributed by atoms with Crippen LogP contribution >= 0.6 is 0 Å². The molecule has 112 valence electrons. The van der Waals surface area contributed by atoms with Crippen molar-refractivity contribution in [1.82, 2.24) is 10.3 Å². The molecule has 1 amide bonds. The van der Waals surface area contributed by atoms with Gasteiger partial charge in [0.05, 0.1) is 5.69 Å². The van der Waals surface area contributed by atoms with E-state index in [1.165, 1.54) is 6.07 Å². The van der Waals surface area contributed by atoms with Crippen LogP contribution in [0, 0.1) is 13.8 Å². The molecular formula is C13H15N3O5. The Morgan fingerprint density at radius 3 is 2.57 bits per heavy atom. The molecule has 8 heteroatoms. The molecule has 2 heterocycles. The van der Waals surface area contributed by atoms with Crippen LogP contribution in [0.2, 0.25) is 0 Å². The SMILES string of the molecule is CCC(OC(=O)c1cc(C)no1)C(=O)Nc1cc(C)on1. The summed E-state index contributed by atoms with van der Waals surface area (Å²) in [4.78, 5) is 23.8. The van der Waals surface area contributed by atoms with Gasteiger partial charge in [-0.05, 0) is 20.3 Å². The molecule has 21 heavy (non-hydrogen) atoms. The molecular weight excluding hydrogens is 278 g/mol. The van der Waals surface area contributed by atoms with E-state index in [9.17, 15) is 9.59 Å². The summed E-state index contributed by atoms with van der Waals surface area (Å²) in [6.45, 7) is 5.10. The number of carbonyl (C=O) groups excluding carboxylic acids is 2. The first-order valence-electron chi connectivity index (χ1n) is 6.38. The number of nitrogens with zero attached hydrogens (tertiary/aromatic N) is 2. The first kappa shape index (κ1) is 14.8. The van der Waals surface area contributed by atoms with Crippen LogP contribution in [0.5, 0.6) is 0 Å². The van der Waals surface area contributed by atoms with Crippen LogP contribution in [0.25, 0.3) is 0 Å². The van der Waals surface area contributed by atoms with Gasteiger partial charge < -0.3 is 19.1 Å². The van der Waals surface area contributed by atoms with Gasteiger partial charge in [-0.2, -0.15) is 0 Å². The van der Waals surface area contributed by atoms with Gasteiger partial charge in [-0.25, -0.2) is 4.79 Å². The van der Waals surface area contributed by atoms with E-state index in [0.717, 1.165) is 0 Å². The zero-order chi connectivity index (χ0) is 15.4. The standard InChI is InChI=1S/C13H15N3O5/c1-4-9(12(17)14-11-6-8(3)20-16-11)19-13(18)10-5-7(2)15-21-10/h5-6,9H,4H2,1-3H3,(H,14,16,17). The van der Waals surface area contributed by atoms with Crippen LogP contribution in [0.3, 0.4) is 0 Å². The first-order chi connectivity index (χ1) is 9.99. The smallest absolute Gasteiger partial charge is 0.377 e. The molecule has 1 N–H and O–H groups in total. The highest BCUT2D eigenvalue weighted by Gasteiger charge is 2.24. The van der Waals surface area contributed by atoms with Crippen molar-refractivity contribution in [2.75, 3.05) is 5.32 Å². The molecule has 0 aliphatic heterocycles. The normalized spacial score (nSPS) is 12.0. The summed E-state index contributed by atoms with van der Waals surface area (Å²) in [6.07, 6.45) is -0.651. The molecule has 0 radical (unpaired) electrons. The van der Waals surface area contributed by atoms with Gasteiger partial charge in [0, 0.05) is 12.1 Å². The summed E-state index contributed by atoms with van der Waals surface area (Å²) < 4.78 is 14.7. The number of aryl methyl sites for hydroxylation is 2. The van der Waals surface area contributed by atoms with Crippen LogP contribution in [0.1, 0.15) is 35.4 Å². The Kier molecular flexibility index (Phi) is 4.36. The number of hydrogen-bond acceptors (Lipinski definition) is 7. The van der Waals surface area contributed by atoms with Gasteiger partial charge >= 0.3 is 5.97 Å². The average Bonchev–Trinajstić information content (AvgIpc) is 3.04. The molecule has 0 aromatic carbocycles. The van der Waals surface area contributed by atoms with Gasteiger partial charge in [0.1, 0.15) is 5.76 Å². The summed E-state index contributed by atoms with van der Waals surface area (Å²) in [5.41, 5.74) is 0.553. The van der Waals surface area contributed by atoms with Crippen LogP contribution in [0.4, 0.5) is 5.82 Å². The van der Waals surface area contributed by atoms with Crippen LogP contribution in [0.15, 0.2) is 21.2 Å². The molecule has 0 fully saturated rings. The maximum Gasteiger partial charge on any atom is 0.377 e. The number of aromatic nitrogens is 2. The highest BCUT2D eigenvalue weighted by molar-refractivity contribution is 5.96. The Balaban J connectivity index is 1.98. The van der Waals surface area contributed by atoms with Gasteiger partial charge in [0.2, 0.25) is 5.76 Å². The maximum absolute atomic E-state index is 12.0. The van der Waals surface area contributed by atoms with Crippen LogP contribution in [-0.2, 0) is 9.53 Å². The minimum atomic E-state index is -0.958. The molecule has 2 aromatic rings. The second-order valence-corrected chi connectivity index (χ2v) is 4.45. The quantitative estimate of drug-likeness (QED) is 0.838. The van der Waals surface area contributed by atoms with Gasteiger partial charge in [0.15, 0.2) is 11.9 Å². The van der Waals surface area contributed by atoms with Gasteiger partial charge in [-0.1, -0.05) is 17.2 Å². The van der Waals surface area contributed by atoms with E-state index in [4.69, 9.17) is 13.8 Å². The topological polar surface area (TPSA) is 107 Å². The number of amides is 1. The lowest BCUT2D eigenvalue weighted by Crippen LogP contribution is -2.32. The molecule has 0 aliphatic rings. The number of nitrogens with one attached hydrogen (secondary N) is 1. The average molecular weight is 293 g/mol. The number of anilines is 1. The van der Waals surface area contributed by atoms with Gasteiger partial charge in [0.25, 0.3) is 5.91 Å². The lowest BCUT2D eigenvalue weighted by atomic mass is 10.2. The minimum absolute atomic E-state index is 0.0453. The summed E-state index contributed by atoms with van der Waals surface area (Å²) in [6, 6.07) is 3.00. The fourth-order valence-electron chi connectivity index (χ4n) is 1.60. The highest BCUT2D eigenvalue weighted by Crippen LogP contribution is 2.12. The third-order valence-electron chi connectivity index (χ3n) is 2.62. The zero-order valence-electron chi connectivity index (χ0n) is 11.9. The number of rotatable bonds is 5. The summed E-state index contributed by atoms with van der Waals surface area (Å²) in [5.74, 6) is -0.449. The van der Waals surface area contributed by atoms with Crippen molar-refractivity contribution in [3.8, 4) is 0 Å². The maximum atomic E-state index is 12.0. The monoisotopic (exact) mass is 293 g/mol. The van der Waals surface area contributed by atoms with Crippen molar-refractivity contribution in [3.05, 3.63) is 29.3 Å². The molecule has 0 bridgehead atoms. The Morgan fingerprint density at radius 1 is 1.29 bits per heavy atom. The Morgan fingerprint density at radius 2 is 2.05 bits per heavy atom. The summed E-state index contributed by atoms with van der Waals surface area (Å²) >= 11 is 0. The largest absolute Gasteiger partial charge is 0.446 e. The van der Waals surface area contributed by atoms with Crippen molar-refractivity contribution in [2.45, 2.75) is 33.3 Å². The van der Waals surface area contributed by atoms with E-state index in [1.807, 2.05) is 0 Å². The predicted octanol–water partition coefficient (Wildman–Crippen LogP) is 1.85. The molecule has 1 unspecified atom stereocenters. The van der Waals surface area contributed by atoms with Crippen LogP contribution in [-0.4, -0.2) is 28.3 Å². The van der Waals surface area contributed by atoms with Crippen molar-refractivity contribution >= 4 is 17.7 Å². The molecule has 8 nitrogen and oxygen atoms in total. The predicted molar refractivity (Wildman–Crippen MR) is 70.6 cm³/mol. The Bertz CT molecular complexity index is 646. The van der Waals surface area contributed by atoms with E-state index in [-0.39, 0.29) is 11.6 Å². The van der Waals surface area contributed by atoms with E-state index in [2.05, 4.69) is 15.6 Å². The van der Waals surface area contributed by atoms with E-state index in [1.54, 1.807) is 26.8 Å². The molecule has 0 saturated heterocycles. The number of esters is 1. The molecule has 2 aromatic heterocycles. The molecule has 0 spiro atoms. The Hall–Kier alpha value is -2.64. The highest BCUT2D eigenvalue weighted by atomic mass is 16.6. The first-order valence-corrected chi connectivity index (χ1v) is 6.38. The number of carbonyl (C=O) groups is 2. The fraction of sp³-hybridized carbons (Fsp3) is 0.385. The zero-order valence-corrected chi connectivity index (χ0v) is 11.9. The summed E-state index contributed by atoms with van der Waals surface area (Å²) in [7, 11) is 0. The van der Waals surface area contributed by atoms with Crippen LogP contribution < -0.4 is 5.32 Å². The Labute approximate surface area is 120 Å². The number of ether oxygens (including phenoxy) is 1. The molecule has 0 aliphatic carbocycles. The lowest BCUT2D eigenvalue weighted by Gasteiger charge is -2.13. The molecule has 2 rings (SSSR count). The number of hydrogen-bond donors (Lipinski definition) is 1. The molecule has 1 atom stereocenters. The van der Waals surface area contributed by atoms with E-state index in [0.29, 0.717) is 17.9 Å². The third-order valence-corrected chi connectivity index (χ3v) is 2.62. The van der Waals surface area contributed by atoms with Crippen molar-refractivity contribution in [2.24, 2.45) is 0 Å². The van der Waals surface area contributed by atoms with E-state index >= 15 is 0 Å². The van der Waals surface area contributed by atoms with Crippen molar-refractivity contribution in [3.63, 3.8) is 0 Å². The third kappa shape index (κ3) is 3.68. The summed E-state index contributed by atoms with van der Waals surface area (Å²) in [5, 5.41) is 9.73. The molecule has 0 saturated carbocycles. The van der Waals surface area contributed by atoms with Gasteiger partial charge in [-0.3, -0.25) is 4.79 Å². The van der Waals surface area contributed by atoms with E-state index < -0.39 is 18.0 Å². The second kappa shape index (κ2) is 6.21.